The Morgan fingerprint density at radius 3 is 2.39 bits per heavy atom. The lowest BCUT2D eigenvalue weighted by atomic mass is 9.89. The van der Waals surface area contributed by atoms with Crippen LogP contribution in [-0.4, -0.2) is 40.9 Å². The first-order chi connectivity index (χ1) is 8.35. The van der Waals surface area contributed by atoms with Crippen LogP contribution < -0.4 is 5.73 Å². The molecule has 0 radical (unpaired) electrons. The van der Waals surface area contributed by atoms with Crippen LogP contribution in [-0.2, 0) is 14.4 Å². The van der Waals surface area contributed by atoms with Crippen LogP contribution in [0.15, 0.2) is 0 Å². The monoisotopic (exact) mass is 256 g/mol. The Balaban J connectivity index is 2.32. The SMILES string of the molecule is CC1(C(N)=O)CCN(C(=O)CCCCC(=O)O)C1. The molecule has 3 N–H and O–H groups in total. The topological polar surface area (TPSA) is 101 Å². The number of unbranched alkanes of at least 4 members (excludes halogenated alkanes) is 1. The van der Waals surface area contributed by atoms with E-state index in [0.717, 1.165) is 0 Å². The molecule has 0 aromatic heterocycles. The quantitative estimate of drug-likeness (QED) is 0.670. The molecule has 6 nitrogen and oxygen atoms in total. The maximum atomic E-state index is 11.8. The molecule has 1 saturated heterocycles. The van der Waals surface area contributed by atoms with Crippen LogP contribution in [0.25, 0.3) is 0 Å². The molecule has 1 rings (SSSR count). The third-order valence-corrected chi connectivity index (χ3v) is 3.45. The molecule has 2 amide bonds. The van der Waals surface area contributed by atoms with Crippen molar-refractivity contribution in [3.8, 4) is 0 Å². The van der Waals surface area contributed by atoms with Crippen LogP contribution in [0, 0.1) is 5.41 Å². The summed E-state index contributed by atoms with van der Waals surface area (Å²) in [6, 6.07) is 0. The number of carbonyl (C=O) groups excluding carboxylic acids is 2. The zero-order valence-corrected chi connectivity index (χ0v) is 10.6. The van der Waals surface area contributed by atoms with E-state index in [1.807, 2.05) is 0 Å². The Hall–Kier alpha value is -1.59. The molecule has 0 aromatic rings. The summed E-state index contributed by atoms with van der Waals surface area (Å²) in [5.41, 5.74) is 4.69. The highest BCUT2D eigenvalue weighted by atomic mass is 16.4. The van der Waals surface area contributed by atoms with Crippen molar-refractivity contribution in [2.75, 3.05) is 13.1 Å². The van der Waals surface area contributed by atoms with Crippen LogP contribution in [0.1, 0.15) is 39.0 Å². The van der Waals surface area contributed by atoms with Gasteiger partial charge in [-0.25, -0.2) is 0 Å². The number of likely N-dealkylation sites (tertiary alicyclic amines) is 1. The van der Waals surface area contributed by atoms with Crippen molar-refractivity contribution >= 4 is 17.8 Å². The predicted octanol–water partition coefficient (Wildman–Crippen LogP) is 0.355. The lowest BCUT2D eigenvalue weighted by Crippen LogP contribution is -2.38. The van der Waals surface area contributed by atoms with Crippen LogP contribution in [0.2, 0.25) is 0 Å². The zero-order chi connectivity index (χ0) is 13.8. The number of primary amides is 1. The highest BCUT2D eigenvalue weighted by Crippen LogP contribution is 2.29. The molecule has 0 bridgehead atoms. The molecule has 1 heterocycles. The maximum absolute atomic E-state index is 11.8. The van der Waals surface area contributed by atoms with E-state index in [9.17, 15) is 14.4 Å². The third kappa shape index (κ3) is 3.72. The van der Waals surface area contributed by atoms with Gasteiger partial charge in [0, 0.05) is 25.9 Å². The fourth-order valence-electron chi connectivity index (χ4n) is 2.09. The van der Waals surface area contributed by atoms with E-state index in [0.29, 0.717) is 38.8 Å². The number of carbonyl (C=O) groups is 3. The van der Waals surface area contributed by atoms with Gasteiger partial charge in [0.2, 0.25) is 11.8 Å². The standard InChI is InChI=1S/C12H20N2O4/c1-12(11(13)18)6-7-14(8-12)9(15)4-2-3-5-10(16)17/h2-8H2,1H3,(H2,13,18)(H,16,17). The average molecular weight is 256 g/mol. The lowest BCUT2D eigenvalue weighted by Gasteiger charge is -2.21. The number of aliphatic carboxylic acids is 1. The summed E-state index contributed by atoms with van der Waals surface area (Å²) >= 11 is 0. The van der Waals surface area contributed by atoms with Crippen molar-refractivity contribution in [2.45, 2.75) is 39.0 Å². The Kier molecular flexibility index (Phi) is 4.69. The van der Waals surface area contributed by atoms with Crippen molar-refractivity contribution in [3.05, 3.63) is 0 Å². The van der Waals surface area contributed by atoms with Crippen LogP contribution >= 0.6 is 0 Å². The van der Waals surface area contributed by atoms with Gasteiger partial charge >= 0.3 is 5.97 Å². The summed E-state index contributed by atoms with van der Waals surface area (Å²) in [5, 5.41) is 8.47. The molecule has 1 unspecified atom stereocenters. The van der Waals surface area contributed by atoms with Crippen molar-refractivity contribution in [3.63, 3.8) is 0 Å². The van der Waals surface area contributed by atoms with Crippen LogP contribution in [0.4, 0.5) is 0 Å². The molecule has 0 spiro atoms. The normalized spacial score (nSPS) is 23.1. The molecule has 6 heteroatoms. The molecular weight excluding hydrogens is 236 g/mol. The van der Waals surface area contributed by atoms with E-state index in [1.165, 1.54) is 0 Å². The summed E-state index contributed by atoms with van der Waals surface area (Å²) in [6.07, 6.45) is 2.09. The summed E-state index contributed by atoms with van der Waals surface area (Å²) < 4.78 is 0. The van der Waals surface area contributed by atoms with Gasteiger partial charge in [-0.15, -0.1) is 0 Å². The van der Waals surface area contributed by atoms with Gasteiger partial charge in [0.1, 0.15) is 0 Å². The number of rotatable bonds is 6. The number of hydrogen-bond acceptors (Lipinski definition) is 3. The van der Waals surface area contributed by atoms with Crippen LogP contribution in [0.3, 0.4) is 0 Å². The average Bonchev–Trinajstić information content (AvgIpc) is 2.68. The highest BCUT2D eigenvalue weighted by molar-refractivity contribution is 5.83. The number of hydrogen-bond donors (Lipinski definition) is 2. The van der Waals surface area contributed by atoms with Crippen molar-refractivity contribution < 1.29 is 19.5 Å². The van der Waals surface area contributed by atoms with Crippen molar-refractivity contribution in [1.82, 2.24) is 4.90 Å². The largest absolute Gasteiger partial charge is 0.481 e. The smallest absolute Gasteiger partial charge is 0.303 e. The summed E-state index contributed by atoms with van der Waals surface area (Å²) in [4.78, 5) is 35.0. The zero-order valence-electron chi connectivity index (χ0n) is 10.6. The van der Waals surface area contributed by atoms with Gasteiger partial charge in [-0.05, 0) is 26.2 Å². The third-order valence-electron chi connectivity index (χ3n) is 3.45. The molecular formula is C12H20N2O4. The Bertz CT molecular complexity index is 356. The number of carboxylic acid groups (broad SMARTS) is 1. The molecule has 1 aliphatic heterocycles. The fourth-order valence-corrected chi connectivity index (χ4v) is 2.09. The van der Waals surface area contributed by atoms with Gasteiger partial charge in [0.05, 0.1) is 5.41 Å². The van der Waals surface area contributed by atoms with E-state index in [-0.39, 0.29) is 18.2 Å². The summed E-state index contributed by atoms with van der Waals surface area (Å²) in [7, 11) is 0. The molecule has 0 aliphatic carbocycles. The maximum Gasteiger partial charge on any atom is 0.303 e. The molecule has 18 heavy (non-hydrogen) atoms. The molecule has 0 saturated carbocycles. The number of carboxylic acids is 1. The van der Waals surface area contributed by atoms with Crippen molar-refractivity contribution in [2.24, 2.45) is 11.1 Å². The Morgan fingerprint density at radius 1 is 1.28 bits per heavy atom. The fraction of sp³-hybridized carbons (Fsp3) is 0.750. The van der Waals surface area contributed by atoms with Gasteiger partial charge in [0.25, 0.3) is 0 Å². The first-order valence-electron chi connectivity index (χ1n) is 6.14. The Labute approximate surface area is 106 Å². The van der Waals surface area contributed by atoms with Gasteiger partial charge in [-0.3, -0.25) is 14.4 Å². The van der Waals surface area contributed by atoms with E-state index < -0.39 is 11.4 Å². The predicted molar refractivity (Wildman–Crippen MR) is 64.6 cm³/mol. The second-order valence-corrected chi connectivity index (χ2v) is 5.09. The van der Waals surface area contributed by atoms with Gasteiger partial charge in [0.15, 0.2) is 0 Å². The summed E-state index contributed by atoms with van der Waals surface area (Å²) in [5.74, 6) is -1.24. The lowest BCUT2D eigenvalue weighted by molar-refractivity contribution is -0.137. The number of nitrogens with zero attached hydrogens (tertiary/aromatic N) is 1. The second kappa shape index (κ2) is 5.84. The molecule has 1 atom stereocenters. The minimum Gasteiger partial charge on any atom is -0.481 e. The van der Waals surface area contributed by atoms with Gasteiger partial charge < -0.3 is 15.7 Å². The number of nitrogens with two attached hydrogens (primary N) is 1. The van der Waals surface area contributed by atoms with Gasteiger partial charge in [-0.2, -0.15) is 0 Å². The Morgan fingerprint density at radius 2 is 1.89 bits per heavy atom. The minimum atomic E-state index is -0.843. The van der Waals surface area contributed by atoms with E-state index in [2.05, 4.69) is 0 Å². The van der Waals surface area contributed by atoms with Crippen molar-refractivity contribution in [1.29, 1.82) is 0 Å². The first-order valence-corrected chi connectivity index (χ1v) is 6.14. The van der Waals surface area contributed by atoms with E-state index in [4.69, 9.17) is 10.8 Å². The van der Waals surface area contributed by atoms with Gasteiger partial charge in [-0.1, -0.05) is 0 Å². The molecule has 1 aliphatic rings. The first kappa shape index (κ1) is 14.5. The van der Waals surface area contributed by atoms with E-state index in [1.54, 1.807) is 11.8 Å². The minimum absolute atomic E-state index is 0.0228. The second-order valence-electron chi connectivity index (χ2n) is 5.09. The number of amides is 2. The molecule has 0 aromatic carbocycles. The highest BCUT2D eigenvalue weighted by Gasteiger charge is 2.40. The van der Waals surface area contributed by atoms with E-state index >= 15 is 0 Å². The molecule has 1 fully saturated rings. The van der Waals surface area contributed by atoms with Crippen LogP contribution in [0.5, 0.6) is 0 Å². The molecule has 102 valence electrons. The summed E-state index contributed by atoms with van der Waals surface area (Å²) in [6.45, 7) is 2.70.